The molecule has 5 rings (SSSR count). The van der Waals surface area contributed by atoms with Gasteiger partial charge in [0.15, 0.2) is 5.82 Å². The number of nitrogens with two attached hydrogens (primary N) is 1. The lowest BCUT2D eigenvalue weighted by molar-refractivity contribution is 0.0994. The Labute approximate surface area is 179 Å². The van der Waals surface area contributed by atoms with Crippen molar-refractivity contribution in [2.45, 2.75) is 26.5 Å². The Hall–Kier alpha value is -3.71. The van der Waals surface area contributed by atoms with E-state index < -0.39 is 5.91 Å². The Morgan fingerprint density at radius 2 is 2.00 bits per heavy atom. The number of amides is 1. The Bertz CT molecular complexity index is 1280. The summed E-state index contributed by atoms with van der Waals surface area (Å²) in [6, 6.07) is 15.7. The van der Waals surface area contributed by atoms with Crippen LogP contribution in [-0.4, -0.2) is 26.9 Å². The maximum absolute atomic E-state index is 11.9. The number of aryl methyl sites for hydroxylation is 1. The van der Waals surface area contributed by atoms with Gasteiger partial charge in [-0.3, -0.25) is 4.79 Å². The minimum atomic E-state index is -0.471. The molecule has 7 nitrogen and oxygen atoms in total. The van der Waals surface area contributed by atoms with Crippen LogP contribution in [0.2, 0.25) is 0 Å². The maximum Gasteiger partial charge on any atom is 0.265 e. The van der Waals surface area contributed by atoms with Crippen molar-refractivity contribution in [3.05, 3.63) is 82.8 Å². The van der Waals surface area contributed by atoms with Crippen LogP contribution in [0.25, 0.3) is 16.9 Å². The highest BCUT2D eigenvalue weighted by Gasteiger charge is 2.22. The van der Waals surface area contributed by atoms with Crippen molar-refractivity contribution in [1.29, 1.82) is 0 Å². The SMILES string of the molecule is Cc1cn2c(C(N)=O)cccc2c1-c1nc2c(c(NCc3ccccc3)n1)COCC2. The fourth-order valence-electron chi connectivity index (χ4n) is 4.09. The van der Waals surface area contributed by atoms with Crippen molar-refractivity contribution in [2.75, 3.05) is 11.9 Å². The van der Waals surface area contributed by atoms with Crippen molar-refractivity contribution in [3.63, 3.8) is 0 Å². The van der Waals surface area contributed by atoms with Crippen molar-refractivity contribution >= 4 is 17.2 Å². The van der Waals surface area contributed by atoms with E-state index in [1.165, 1.54) is 5.56 Å². The second-order valence-electron chi connectivity index (χ2n) is 7.68. The number of fused-ring (bicyclic) bond motifs is 2. The van der Waals surface area contributed by atoms with Crippen LogP contribution in [0.3, 0.4) is 0 Å². The maximum atomic E-state index is 11.9. The molecule has 0 saturated carbocycles. The molecule has 3 N–H and O–H groups in total. The van der Waals surface area contributed by atoms with Gasteiger partial charge in [-0.25, -0.2) is 9.97 Å². The van der Waals surface area contributed by atoms with E-state index in [2.05, 4.69) is 17.4 Å². The van der Waals surface area contributed by atoms with E-state index in [1.54, 1.807) is 6.07 Å². The molecule has 1 aliphatic heterocycles. The zero-order chi connectivity index (χ0) is 21.4. The summed E-state index contributed by atoms with van der Waals surface area (Å²) < 4.78 is 7.50. The average molecular weight is 413 g/mol. The summed E-state index contributed by atoms with van der Waals surface area (Å²) in [6.45, 7) is 3.79. The summed E-state index contributed by atoms with van der Waals surface area (Å²) in [7, 11) is 0. The molecule has 0 fully saturated rings. The topological polar surface area (TPSA) is 94.5 Å². The van der Waals surface area contributed by atoms with Gasteiger partial charge in [-0.05, 0) is 30.2 Å². The van der Waals surface area contributed by atoms with Crippen molar-refractivity contribution < 1.29 is 9.53 Å². The van der Waals surface area contributed by atoms with E-state index in [0.717, 1.165) is 40.1 Å². The fraction of sp³-hybridized carbons (Fsp3) is 0.208. The number of nitrogens with zero attached hydrogens (tertiary/aromatic N) is 3. The van der Waals surface area contributed by atoms with Gasteiger partial charge in [0.05, 0.1) is 24.4 Å². The summed E-state index contributed by atoms with van der Waals surface area (Å²) >= 11 is 0. The van der Waals surface area contributed by atoms with Gasteiger partial charge in [-0.15, -0.1) is 0 Å². The van der Waals surface area contributed by atoms with Crippen LogP contribution in [-0.2, 0) is 24.3 Å². The summed E-state index contributed by atoms with van der Waals surface area (Å²) in [5, 5.41) is 3.48. The third-order valence-electron chi connectivity index (χ3n) is 5.60. The first kappa shape index (κ1) is 19.3. The zero-order valence-corrected chi connectivity index (χ0v) is 17.3. The van der Waals surface area contributed by atoms with Crippen LogP contribution in [0, 0.1) is 6.92 Å². The van der Waals surface area contributed by atoms with E-state index in [-0.39, 0.29) is 0 Å². The molecule has 4 aromatic rings. The number of anilines is 1. The lowest BCUT2D eigenvalue weighted by Gasteiger charge is -2.20. The Kier molecular flexibility index (Phi) is 4.88. The number of primary amides is 1. The highest BCUT2D eigenvalue weighted by atomic mass is 16.5. The molecule has 1 amide bonds. The predicted molar refractivity (Wildman–Crippen MR) is 119 cm³/mol. The van der Waals surface area contributed by atoms with Gasteiger partial charge in [0.2, 0.25) is 0 Å². The molecule has 0 radical (unpaired) electrons. The molecule has 0 saturated heterocycles. The van der Waals surface area contributed by atoms with Crippen LogP contribution in [0.1, 0.15) is 32.9 Å². The molecule has 0 atom stereocenters. The predicted octanol–water partition coefficient (Wildman–Crippen LogP) is 3.49. The van der Waals surface area contributed by atoms with Crippen molar-refractivity contribution in [2.24, 2.45) is 5.73 Å². The third-order valence-corrected chi connectivity index (χ3v) is 5.60. The normalized spacial score (nSPS) is 13.2. The summed E-state index contributed by atoms with van der Waals surface area (Å²) in [5.74, 6) is 0.951. The molecule has 7 heteroatoms. The fourth-order valence-corrected chi connectivity index (χ4v) is 4.09. The molecular weight excluding hydrogens is 390 g/mol. The van der Waals surface area contributed by atoms with Crippen molar-refractivity contribution in [1.82, 2.24) is 14.4 Å². The Balaban J connectivity index is 1.62. The van der Waals surface area contributed by atoms with Crippen LogP contribution in [0.4, 0.5) is 5.82 Å². The molecule has 0 unspecified atom stereocenters. The first-order valence-corrected chi connectivity index (χ1v) is 10.3. The van der Waals surface area contributed by atoms with E-state index in [9.17, 15) is 4.79 Å². The molecule has 3 aromatic heterocycles. The second-order valence-corrected chi connectivity index (χ2v) is 7.68. The largest absolute Gasteiger partial charge is 0.376 e. The number of pyridine rings is 1. The lowest BCUT2D eigenvalue weighted by Crippen LogP contribution is -2.17. The first-order chi connectivity index (χ1) is 15.1. The van der Waals surface area contributed by atoms with E-state index in [4.69, 9.17) is 20.4 Å². The van der Waals surface area contributed by atoms with Gasteiger partial charge in [-0.1, -0.05) is 36.4 Å². The third kappa shape index (κ3) is 3.53. The molecule has 4 heterocycles. The minimum absolute atomic E-state index is 0.431. The lowest BCUT2D eigenvalue weighted by atomic mass is 10.1. The zero-order valence-electron chi connectivity index (χ0n) is 17.3. The number of nitrogens with one attached hydrogen (secondary N) is 1. The van der Waals surface area contributed by atoms with Gasteiger partial charge >= 0.3 is 0 Å². The molecule has 156 valence electrons. The highest BCUT2D eigenvalue weighted by Crippen LogP contribution is 2.32. The number of carbonyl (C=O) groups is 1. The van der Waals surface area contributed by atoms with Gasteiger partial charge in [0.25, 0.3) is 5.91 Å². The molecule has 0 bridgehead atoms. The molecule has 0 spiro atoms. The van der Waals surface area contributed by atoms with Gasteiger partial charge in [-0.2, -0.15) is 0 Å². The van der Waals surface area contributed by atoms with E-state index >= 15 is 0 Å². The minimum Gasteiger partial charge on any atom is -0.376 e. The van der Waals surface area contributed by atoms with Crippen molar-refractivity contribution in [3.8, 4) is 11.4 Å². The monoisotopic (exact) mass is 413 g/mol. The number of hydrogen-bond donors (Lipinski definition) is 2. The standard InChI is InChI=1S/C24H23N5O2/c1-15-13-29-19(8-5-9-20(29)22(25)30)21(15)24-27-18-10-11-31-14-17(18)23(28-24)26-12-16-6-3-2-4-7-16/h2-9,13H,10-12,14H2,1H3,(H2,25,30)(H,26,27,28). The quantitative estimate of drug-likeness (QED) is 0.522. The van der Waals surface area contributed by atoms with Gasteiger partial charge in [0, 0.05) is 30.3 Å². The number of hydrogen-bond acceptors (Lipinski definition) is 5. The van der Waals surface area contributed by atoms with E-state index in [0.29, 0.717) is 31.3 Å². The molecular formula is C24H23N5O2. The molecule has 0 aliphatic carbocycles. The van der Waals surface area contributed by atoms with E-state index in [1.807, 2.05) is 47.9 Å². The summed E-state index contributed by atoms with van der Waals surface area (Å²) in [5.41, 5.74) is 11.9. The summed E-state index contributed by atoms with van der Waals surface area (Å²) in [4.78, 5) is 21.7. The molecule has 1 aromatic carbocycles. The second kappa shape index (κ2) is 7.85. The molecule has 1 aliphatic rings. The van der Waals surface area contributed by atoms with Gasteiger partial charge < -0.3 is 20.2 Å². The smallest absolute Gasteiger partial charge is 0.265 e. The van der Waals surface area contributed by atoms with Crippen LogP contribution in [0.5, 0.6) is 0 Å². The number of benzene rings is 1. The summed E-state index contributed by atoms with van der Waals surface area (Å²) in [6.07, 6.45) is 2.65. The van der Waals surface area contributed by atoms with Gasteiger partial charge in [0.1, 0.15) is 11.5 Å². The Morgan fingerprint density at radius 1 is 1.16 bits per heavy atom. The number of ether oxygens (including phenoxy) is 1. The number of rotatable bonds is 5. The average Bonchev–Trinajstić information content (AvgIpc) is 3.13. The highest BCUT2D eigenvalue weighted by molar-refractivity contribution is 5.93. The first-order valence-electron chi connectivity index (χ1n) is 10.3. The Morgan fingerprint density at radius 3 is 2.81 bits per heavy atom. The van der Waals surface area contributed by atoms with Crippen LogP contribution < -0.4 is 11.1 Å². The van der Waals surface area contributed by atoms with Crippen LogP contribution in [0.15, 0.2) is 54.7 Å². The van der Waals surface area contributed by atoms with Crippen LogP contribution >= 0.6 is 0 Å². The number of carbonyl (C=O) groups excluding carboxylic acids is 1. The number of aromatic nitrogens is 3. The molecule has 31 heavy (non-hydrogen) atoms.